The summed E-state index contributed by atoms with van der Waals surface area (Å²) >= 11 is 7.49. The molecule has 0 aliphatic heterocycles. The van der Waals surface area contributed by atoms with Crippen LogP contribution in [-0.2, 0) is 11.9 Å². The highest BCUT2D eigenvalue weighted by atomic mass is 35.5. The summed E-state index contributed by atoms with van der Waals surface area (Å²) in [5.41, 5.74) is 1.56. The Kier molecular flexibility index (Phi) is 5.62. The molecule has 2 heterocycles. The van der Waals surface area contributed by atoms with Crippen molar-refractivity contribution < 1.29 is 17.6 Å². The molecule has 0 radical (unpaired) electrons. The van der Waals surface area contributed by atoms with Crippen molar-refractivity contribution in [3.63, 3.8) is 0 Å². The first kappa shape index (κ1) is 20.6. The van der Waals surface area contributed by atoms with E-state index >= 15 is 0 Å². The van der Waals surface area contributed by atoms with Crippen molar-refractivity contribution in [2.75, 3.05) is 0 Å². The maximum absolute atomic E-state index is 13.0. The van der Waals surface area contributed by atoms with Gasteiger partial charge in [-0.25, -0.2) is 0 Å². The largest absolute Gasteiger partial charge is 0.461 e. The summed E-state index contributed by atoms with van der Waals surface area (Å²) in [4.78, 5) is 0. The Morgan fingerprint density at radius 2 is 1.90 bits per heavy atom. The number of hydrogen-bond acceptors (Lipinski definition) is 4. The van der Waals surface area contributed by atoms with Gasteiger partial charge in [0.25, 0.3) is 0 Å². The van der Waals surface area contributed by atoms with Crippen molar-refractivity contribution in [1.82, 2.24) is 14.8 Å². The number of alkyl halides is 3. The number of hydrogen-bond donors (Lipinski definition) is 0. The quantitative estimate of drug-likeness (QED) is 0.314. The second kappa shape index (κ2) is 8.20. The molecule has 0 fully saturated rings. The first-order chi connectivity index (χ1) is 14.3. The van der Waals surface area contributed by atoms with E-state index in [1.165, 1.54) is 24.1 Å². The van der Waals surface area contributed by atoms with E-state index in [0.29, 0.717) is 33.1 Å². The Morgan fingerprint density at radius 1 is 1.07 bits per heavy atom. The molecule has 0 N–H and O–H groups in total. The summed E-state index contributed by atoms with van der Waals surface area (Å²) in [6.07, 6.45) is -2.85. The molecular weight excluding hydrogens is 435 g/mol. The molecule has 4 rings (SSSR count). The van der Waals surface area contributed by atoms with Gasteiger partial charge in [0, 0.05) is 10.8 Å². The number of thioether (sulfide) groups is 1. The lowest BCUT2D eigenvalue weighted by Gasteiger charge is -2.13. The van der Waals surface area contributed by atoms with Crippen LogP contribution in [0.1, 0.15) is 16.7 Å². The van der Waals surface area contributed by atoms with Gasteiger partial charge in [-0.3, -0.25) is 4.57 Å². The van der Waals surface area contributed by atoms with Crippen LogP contribution in [0.15, 0.2) is 70.4 Å². The number of rotatable bonds is 5. The van der Waals surface area contributed by atoms with Gasteiger partial charge in [-0.1, -0.05) is 47.6 Å². The third-order valence-corrected chi connectivity index (χ3v) is 5.64. The molecule has 0 aliphatic carbocycles. The van der Waals surface area contributed by atoms with E-state index in [4.69, 9.17) is 16.0 Å². The van der Waals surface area contributed by atoms with Crippen molar-refractivity contribution in [1.29, 1.82) is 0 Å². The topological polar surface area (TPSA) is 43.9 Å². The number of nitrogens with zero attached hydrogens (tertiary/aromatic N) is 3. The highest BCUT2D eigenvalue weighted by Gasteiger charge is 2.30. The van der Waals surface area contributed by atoms with E-state index in [1.54, 1.807) is 34.9 Å². The van der Waals surface area contributed by atoms with Crippen LogP contribution in [0.4, 0.5) is 13.2 Å². The third-order valence-electron chi connectivity index (χ3n) is 4.41. The Balaban J connectivity index is 1.72. The molecule has 0 bridgehead atoms. The molecule has 4 nitrogen and oxygen atoms in total. The first-order valence-electron chi connectivity index (χ1n) is 8.87. The van der Waals surface area contributed by atoms with Crippen LogP contribution in [0.2, 0.25) is 5.02 Å². The minimum Gasteiger partial charge on any atom is -0.461 e. The Hall–Kier alpha value is -2.71. The van der Waals surface area contributed by atoms with E-state index in [2.05, 4.69) is 10.2 Å². The molecule has 0 aliphatic rings. The maximum atomic E-state index is 13.0. The van der Waals surface area contributed by atoms with Gasteiger partial charge in [0.15, 0.2) is 10.9 Å². The predicted octanol–water partition coefficient (Wildman–Crippen LogP) is 6.80. The molecule has 30 heavy (non-hydrogen) atoms. The fraction of sp³-hybridized carbons (Fsp3) is 0.143. The van der Waals surface area contributed by atoms with Crippen LogP contribution >= 0.6 is 23.4 Å². The molecule has 2 aromatic heterocycles. The van der Waals surface area contributed by atoms with E-state index in [-0.39, 0.29) is 0 Å². The Morgan fingerprint density at radius 3 is 2.63 bits per heavy atom. The molecule has 2 aromatic carbocycles. The smallest absolute Gasteiger partial charge is 0.416 e. The highest BCUT2D eigenvalue weighted by Crippen LogP contribution is 2.34. The zero-order valence-electron chi connectivity index (χ0n) is 15.7. The zero-order valence-corrected chi connectivity index (χ0v) is 17.2. The lowest BCUT2D eigenvalue weighted by Crippen LogP contribution is -2.05. The van der Waals surface area contributed by atoms with Gasteiger partial charge in [-0.2, -0.15) is 13.2 Å². The molecule has 0 amide bonds. The van der Waals surface area contributed by atoms with E-state index in [9.17, 15) is 13.2 Å². The van der Waals surface area contributed by atoms with Gasteiger partial charge in [0.2, 0.25) is 5.82 Å². The second-order valence-electron chi connectivity index (χ2n) is 6.54. The highest BCUT2D eigenvalue weighted by molar-refractivity contribution is 7.98. The molecule has 4 aromatic rings. The Bertz CT molecular complexity index is 1170. The molecule has 9 heteroatoms. The van der Waals surface area contributed by atoms with Gasteiger partial charge < -0.3 is 4.42 Å². The summed E-state index contributed by atoms with van der Waals surface area (Å²) in [5.74, 6) is 1.30. The van der Waals surface area contributed by atoms with Crippen molar-refractivity contribution in [2.45, 2.75) is 24.0 Å². The maximum Gasteiger partial charge on any atom is 0.416 e. The molecular formula is C21H15ClF3N3OS. The van der Waals surface area contributed by atoms with Crippen molar-refractivity contribution in [2.24, 2.45) is 0 Å². The lowest BCUT2D eigenvalue weighted by atomic mass is 10.1. The standard InChI is InChI=1S/C21H15ClF3N3OS/c1-13-7-8-16(22)11-17(13)28-19(18-6-3-9-29-18)26-27-20(28)30-12-14-4-2-5-15(10-14)21(23,24)25/h2-11H,12H2,1H3. The van der Waals surface area contributed by atoms with Gasteiger partial charge in [-0.05, 0) is 48.4 Å². The van der Waals surface area contributed by atoms with Crippen LogP contribution in [-0.4, -0.2) is 14.8 Å². The average molecular weight is 450 g/mol. The lowest BCUT2D eigenvalue weighted by molar-refractivity contribution is -0.137. The van der Waals surface area contributed by atoms with E-state index in [1.807, 2.05) is 13.0 Å². The monoisotopic (exact) mass is 449 g/mol. The van der Waals surface area contributed by atoms with Crippen molar-refractivity contribution in [3.05, 3.63) is 82.6 Å². The molecule has 0 atom stereocenters. The number of furan rings is 1. The van der Waals surface area contributed by atoms with Crippen LogP contribution in [0.3, 0.4) is 0 Å². The zero-order chi connectivity index (χ0) is 21.3. The molecule has 0 unspecified atom stereocenters. The molecule has 0 spiro atoms. The third kappa shape index (κ3) is 4.24. The molecule has 0 saturated carbocycles. The van der Waals surface area contributed by atoms with Gasteiger partial charge >= 0.3 is 6.18 Å². The number of halogens is 4. The Labute approximate surface area is 179 Å². The average Bonchev–Trinajstić information content (AvgIpc) is 3.37. The summed E-state index contributed by atoms with van der Waals surface area (Å²) in [7, 11) is 0. The summed E-state index contributed by atoms with van der Waals surface area (Å²) < 4.78 is 46.3. The SMILES string of the molecule is Cc1ccc(Cl)cc1-n1c(SCc2cccc(C(F)(F)F)c2)nnc1-c1ccco1. The van der Waals surface area contributed by atoms with Gasteiger partial charge in [0.1, 0.15) is 0 Å². The van der Waals surface area contributed by atoms with Crippen molar-refractivity contribution >= 4 is 23.4 Å². The van der Waals surface area contributed by atoms with Crippen LogP contribution in [0, 0.1) is 6.92 Å². The predicted molar refractivity (Wildman–Crippen MR) is 110 cm³/mol. The van der Waals surface area contributed by atoms with Crippen LogP contribution in [0.25, 0.3) is 17.3 Å². The van der Waals surface area contributed by atoms with E-state index in [0.717, 1.165) is 23.4 Å². The number of benzene rings is 2. The fourth-order valence-corrected chi connectivity index (χ4v) is 4.01. The number of aryl methyl sites for hydroxylation is 1. The first-order valence-corrected chi connectivity index (χ1v) is 10.2. The number of aromatic nitrogens is 3. The van der Waals surface area contributed by atoms with Crippen LogP contribution in [0.5, 0.6) is 0 Å². The minimum absolute atomic E-state index is 0.291. The molecule has 0 saturated heterocycles. The summed E-state index contributed by atoms with van der Waals surface area (Å²) in [6, 6.07) is 14.2. The van der Waals surface area contributed by atoms with Gasteiger partial charge in [0.05, 0.1) is 17.5 Å². The van der Waals surface area contributed by atoms with Crippen LogP contribution < -0.4 is 0 Å². The fourth-order valence-electron chi connectivity index (χ4n) is 2.95. The summed E-state index contributed by atoms with van der Waals surface area (Å²) in [6.45, 7) is 1.93. The van der Waals surface area contributed by atoms with Gasteiger partial charge in [-0.15, -0.1) is 10.2 Å². The van der Waals surface area contributed by atoms with Crippen molar-refractivity contribution in [3.8, 4) is 17.3 Å². The normalized spacial score (nSPS) is 11.8. The summed E-state index contributed by atoms with van der Waals surface area (Å²) in [5, 5.41) is 9.57. The second-order valence-corrected chi connectivity index (χ2v) is 7.92. The van der Waals surface area contributed by atoms with E-state index < -0.39 is 11.7 Å². The molecule has 154 valence electrons. The minimum atomic E-state index is -4.38.